The van der Waals surface area contributed by atoms with Gasteiger partial charge >= 0.3 is 0 Å². The van der Waals surface area contributed by atoms with Crippen LogP contribution in [0.1, 0.15) is 48.5 Å². The number of aryl methyl sites for hydroxylation is 1. The van der Waals surface area contributed by atoms with Crippen molar-refractivity contribution in [2.45, 2.75) is 57.0 Å². The Balaban J connectivity index is 1.57. The van der Waals surface area contributed by atoms with Gasteiger partial charge in [-0.25, -0.2) is 0 Å². The number of ether oxygens (including phenoxy) is 1. The van der Waals surface area contributed by atoms with E-state index in [0.29, 0.717) is 12.6 Å². The fraction of sp³-hybridized carbons (Fsp3) is 0.478. The summed E-state index contributed by atoms with van der Waals surface area (Å²) < 4.78 is 6.18. The van der Waals surface area contributed by atoms with Gasteiger partial charge in [0.2, 0.25) is 0 Å². The van der Waals surface area contributed by atoms with Gasteiger partial charge in [-0.15, -0.1) is 0 Å². The van der Waals surface area contributed by atoms with Crippen molar-refractivity contribution in [3.8, 4) is 0 Å². The summed E-state index contributed by atoms with van der Waals surface area (Å²) in [6.45, 7) is 2.87. The topological polar surface area (TPSA) is 61.7 Å². The first-order valence-electron chi connectivity index (χ1n) is 9.95. The van der Waals surface area contributed by atoms with Crippen molar-refractivity contribution in [3.05, 3.63) is 71.3 Å². The molecule has 2 aromatic carbocycles. The van der Waals surface area contributed by atoms with Crippen molar-refractivity contribution in [1.29, 1.82) is 0 Å². The maximum absolute atomic E-state index is 10.4. The second-order valence-corrected chi connectivity index (χ2v) is 7.55. The van der Waals surface area contributed by atoms with E-state index in [1.54, 1.807) is 0 Å². The van der Waals surface area contributed by atoms with Crippen LogP contribution >= 0.6 is 0 Å². The molecule has 146 valence electrons. The third kappa shape index (κ3) is 5.88. The molecule has 0 saturated heterocycles. The van der Waals surface area contributed by atoms with E-state index >= 15 is 0 Å². The highest BCUT2D eigenvalue weighted by molar-refractivity contribution is 5.35. The highest BCUT2D eigenvalue weighted by atomic mass is 16.5. The van der Waals surface area contributed by atoms with Gasteiger partial charge < -0.3 is 20.3 Å². The van der Waals surface area contributed by atoms with Crippen LogP contribution in [0, 0.1) is 6.92 Å². The zero-order valence-electron chi connectivity index (χ0n) is 16.1. The predicted molar refractivity (Wildman–Crippen MR) is 108 cm³/mol. The van der Waals surface area contributed by atoms with E-state index in [-0.39, 0.29) is 18.8 Å². The third-order valence-corrected chi connectivity index (χ3v) is 5.37. The molecule has 1 aliphatic carbocycles. The van der Waals surface area contributed by atoms with Crippen molar-refractivity contribution in [1.82, 2.24) is 5.32 Å². The molecule has 1 aliphatic rings. The second-order valence-electron chi connectivity index (χ2n) is 7.55. The van der Waals surface area contributed by atoms with Crippen molar-refractivity contribution in [3.63, 3.8) is 0 Å². The molecule has 2 aromatic rings. The third-order valence-electron chi connectivity index (χ3n) is 5.37. The van der Waals surface area contributed by atoms with E-state index in [1.807, 2.05) is 30.3 Å². The van der Waals surface area contributed by atoms with E-state index in [1.165, 1.54) is 5.56 Å². The molecule has 2 atom stereocenters. The number of aliphatic hydroxyl groups is 2. The number of benzene rings is 2. The molecule has 0 aromatic heterocycles. The van der Waals surface area contributed by atoms with E-state index < -0.39 is 6.10 Å². The average molecular weight is 370 g/mol. The van der Waals surface area contributed by atoms with Crippen LogP contribution in [0.4, 0.5) is 0 Å². The second kappa shape index (κ2) is 10.00. The first-order chi connectivity index (χ1) is 13.1. The molecule has 0 bridgehead atoms. The van der Waals surface area contributed by atoms with Gasteiger partial charge in [-0.2, -0.15) is 0 Å². The molecule has 27 heavy (non-hydrogen) atoms. The first-order valence-corrected chi connectivity index (χ1v) is 9.95. The van der Waals surface area contributed by atoms with Gasteiger partial charge in [0.1, 0.15) is 6.10 Å². The smallest absolute Gasteiger partial charge is 0.108 e. The number of rotatable bonds is 8. The summed E-state index contributed by atoms with van der Waals surface area (Å²) in [5.41, 5.74) is 3.40. The number of aliphatic hydroxyl groups excluding tert-OH is 2. The maximum Gasteiger partial charge on any atom is 0.108 e. The van der Waals surface area contributed by atoms with Crippen LogP contribution in [-0.4, -0.2) is 41.6 Å². The fourth-order valence-corrected chi connectivity index (χ4v) is 3.72. The summed E-state index contributed by atoms with van der Waals surface area (Å²) in [6.07, 6.45) is 2.70. The van der Waals surface area contributed by atoms with Crippen molar-refractivity contribution in [2.75, 3.05) is 13.2 Å². The van der Waals surface area contributed by atoms with Gasteiger partial charge in [-0.3, -0.25) is 0 Å². The minimum absolute atomic E-state index is 0.156. The quantitative estimate of drug-likeness (QED) is 0.668. The van der Waals surface area contributed by atoms with Gasteiger partial charge in [0.15, 0.2) is 0 Å². The normalized spacial score (nSPS) is 22.3. The van der Waals surface area contributed by atoms with E-state index in [0.717, 1.165) is 36.8 Å². The Morgan fingerprint density at radius 1 is 1.00 bits per heavy atom. The highest BCUT2D eigenvalue weighted by Gasteiger charge is 2.21. The number of nitrogens with one attached hydrogen (secondary N) is 1. The van der Waals surface area contributed by atoms with Crippen LogP contribution in [0.2, 0.25) is 0 Å². The highest BCUT2D eigenvalue weighted by Crippen LogP contribution is 2.28. The molecule has 1 fully saturated rings. The van der Waals surface area contributed by atoms with Gasteiger partial charge in [0, 0.05) is 12.6 Å². The molecular formula is C23H31NO3. The Labute approximate surface area is 162 Å². The van der Waals surface area contributed by atoms with Crippen LogP contribution < -0.4 is 5.32 Å². The minimum Gasteiger partial charge on any atom is -0.393 e. The molecule has 4 heteroatoms. The van der Waals surface area contributed by atoms with Crippen LogP contribution in [0.25, 0.3) is 0 Å². The Hall–Kier alpha value is -1.72. The van der Waals surface area contributed by atoms with Crippen LogP contribution in [-0.2, 0) is 4.74 Å². The lowest BCUT2D eigenvalue weighted by Gasteiger charge is -2.28. The van der Waals surface area contributed by atoms with E-state index in [4.69, 9.17) is 4.74 Å². The Morgan fingerprint density at radius 2 is 1.67 bits per heavy atom. The van der Waals surface area contributed by atoms with Crippen LogP contribution in [0.5, 0.6) is 0 Å². The molecule has 0 unspecified atom stereocenters. The van der Waals surface area contributed by atoms with Gasteiger partial charge in [0.25, 0.3) is 0 Å². The van der Waals surface area contributed by atoms with E-state index in [2.05, 4.69) is 36.5 Å². The summed E-state index contributed by atoms with van der Waals surface area (Å²) in [5.74, 6) is 0. The lowest BCUT2D eigenvalue weighted by atomic mass is 9.93. The van der Waals surface area contributed by atoms with Gasteiger partial charge in [-0.1, -0.05) is 54.6 Å². The summed E-state index contributed by atoms with van der Waals surface area (Å²) in [4.78, 5) is 0. The summed E-state index contributed by atoms with van der Waals surface area (Å²) >= 11 is 0. The summed E-state index contributed by atoms with van der Waals surface area (Å²) in [7, 11) is 0. The van der Waals surface area contributed by atoms with Crippen molar-refractivity contribution in [2.24, 2.45) is 0 Å². The monoisotopic (exact) mass is 369 g/mol. The largest absolute Gasteiger partial charge is 0.393 e. The van der Waals surface area contributed by atoms with Gasteiger partial charge in [0.05, 0.1) is 18.8 Å². The minimum atomic E-state index is -0.563. The summed E-state index contributed by atoms with van der Waals surface area (Å²) in [6, 6.07) is 18.8. The molecule has 3 N–H and O–H groups in total. The Bertz CT molecular complexity index is 683. The number of hydrogen-bond acceptors (Lipinski definition) is 4. The zero-order chi connectivity index (χ0) is 19.1. The molecule has 0 spiro atoms. The molecule has 0 heterocycles. The molecule has 0 amide bonds. The SMILES string of the molecule is Cc1ccccc1[C@H](OC[C@H](O)CNC1CCC(O)CC1)c1ccccc1. The molecule has 0 aliphatic heterocycles. The van der Waals surface area contributed by atoms with Crippen molar-refractivity contribution < 1.29 is 14.9 Å². The van der Waals surface area contributed by atoms with Crippen LogP contribution in [0.3, 0.4) is 0 Å². The standard InChI is InChI=1S/C23H31NO3/c1-17-7-5-6-10-22(17)23(18-8-3-2-4-9-18)27-16-21(26)15-24-19-11-13-20(25)14-12-19/h2-10,19-21,23-26H,11-16H2,1H3/t19?,20?,21-,23-/m1/s1. The molecule has 0 radical (unpaired) electrons. The average Bonchev–Trinajstić information content (AvgIpc) is 2.70. The molecular weight excluding hydrogens is 338 g/mol. The van der Waals surface area contributed by atoms with E-state index in [9.17, 15) is 10.2 Å². The lowest BCUT2D eigenvalue weighted by Crippen LogP contribution is -2.40. The molecule has 4 nitrogen and oxygen atoms in total. The predicted octanol–water partition coefficient (Wildman–Crippen LogP) is 3.36. The Morgan fingerprint density at radius 3 is 2.37 bits per heavy atom. The summed E-state index contributed by atoms with van der Waals surface area (Å²) in [5, 5.41) is 23.4. The first kappa shape index (κ1) is 20.0. The lowest BCUT2D eigenvalue weighted by molar-refractivity contribution is 0.00427. The van der Waals surface area contributed by atoms with Gasteiger partial charge in [-0.05, 0) is 49.3 Å². The molecule has 3 rings (SSSR count). The van der Waals surface area contributed by atoms with Crippen molar-refractivity contribution >= 4 is 0 Å². The fourth-order valence-electron chi connectivity index (χ4n) is 3.72. The molecule has 1 saturated carbocycles. The zero-order valence-corrected chi connectivity index (χ0v) is 16.1. The maximum atomic E-state index is 10.4. The van der Waals surface area contributed by atoms with Crippen LogP contribution in [0.15, 0.2) is 54.6 Å². The Kier molecular flexibility index (Phi) is 7.41. The number of hydrogen-bond donors (Lipinski definition) is 3.